The first-order chi connectivity index (χ1) is 6.81. The van der Waals surface area contributed by atoms with Gasteiger partial charge in [0.1, 0.15) is 6.26 Å². The molecule has 0 amide bonds. The summed E-state index contributed by atoms with van der Waals surface area (Å²) in [5.74, 6) is 1.42. The molecule has 0 fully saturated rings. The fraction of sp³-hybridized carbons (Fsp3) is 0.300. The van der Waals surface area contributed by atoms with Crippen LogP contribution in [0.3, 0.4) is 0 Å². The number of hydrogen-bond acceptors (Lipinski definition) is 4. The SMILES string of the molecule is CNC(C)c1ncc(-c2ccoc2)o1. The molecule has 0 aliphatic heterocycles. The van der Waals surface area contributed by atoms with E-state index < -0.39 is 0 Å². The Hall–Kier alpha value is -1.55. The van der Waals surface area contributed by atoms with Crippen molar-refractivity contribution in [3.63, 3.8) is 0 Å². The summed E-state index contributed by atoms with van der Waals surface area (Å²) in [6, 6.07) is 1.96. The van der Waals surface area contributed by atoms with Crippen molar-refractivity contribution in [3.05, 3.63) is 30.7 Å². The van der Waals surface area contributed by atoms with Gasteiger partial charge < -0.3 is 14.2 Å². The Morgan fingerprint density at radius 1 is 1.50 bits per heavy atom. The molecule has 4 heteroatoms. The van der Waals surface area contributed by atoms with Gasteiger partial charge >= 0.3 is 0 Å². The Kier molecular flexibility index (Phi) is 2.37. The summed E-state index contributed by atoms with van der Waals surface area (Å²) >= 11 is 0. The molecule has 2 heterocycles. The number of nitrogens with one attached hydrogen (secondary N) is 1. The van der Waals surface area contributed by atoms with Crippen LogP contribution in [0.5, 0.6) is 0 Å². The summed E-state index contributed by atoms with van der Waals surface area (Å²) in [6.45, 7) is 1.99. The van der Waals surface area contributed by atoms with Crippen molar-refractivity contribution in [1.82, 2.24) is 10.3 Å². The van der Waals surface area contributed by atoms with Gasteiger partial charge in [-0.25, -0.2) is 4.98 Å². The van der Waals surface area contributed by atoms with Gasteiger partial charge in [-0.3, -0.25) is 0 Å². The topological polar surface area (TPSA) is 51.2 Å². The van der Waals surface area contributed by atoms with Crippen LogP contribution in [0.2, 0.25) is 0 Å². The van der Waals surface area contributed by atoms with Crippen LogP contribution in [-0.4, -0.2) is 12.0 Å². The van der Waals surface area contributed by atoms with E-state index in [-0.39, 0.29) is 6.04 Å². The Morgan fingerprint density at radius 3 is 3.00 bits per heavy atom. The van der Waals surface area contributed by atoms with Gasteiger partial charge in [-0.2, -0.15) is 0 Å². The minimum absolute atomic E-state index is 0.121. The predicted molar refractivity (Wildman–Crippen MR) is 51.7 cm³/mol. The lowest BCUT2D eigenvalue weighted by atomic mass is 10.3. The van der Waals surface area contributed by atoms with Crippen LogP contribution in [0, 0.1) is 0 Å². The number of aromatic nitrogens is 1. The van der Waals surface area contributed by atoms with Crippen molar-refractivity contribution < 1.29 is 8.83 Å². The molecule has 0 spiro atoms. The maximum atomic E-state index is 5.55. The van der Waals surface area contributed by atoms with E-state index in [2.05, 4.69) is 10.3 Å². The maximum Gasteiger partial charge on any atom is 0.211 e. The zero-order valence-corrected chi connectivity index (χ0v) is 8.15. The number of rotatable bonds is 3. The van der Waals surface area contributed by atoms with Crippen molar-refractivity contribution >= 4 is 0 Å². The third-order valence-corrected chi connectivity index (χ3v) is 2.13. The van der Waals surface area contributed by atoms with Crippen LogP contribution in [0.25, 0.3) is 11.3 Å². The van der Waals surface area contributed by atoms with Gasteiger partial charge in [0.15, 0.2) is 5.76 Å². The monoisotopic (exact) mass is 192 g/mol. The highest BCUT2D eigenvalue weighted by Crippen LogP contribution is 2.22. The molecular weight excluding hydrogens is 180 g/mol. The van der Waals surface area contributed by atoms with E-state index in [1.54, 1.807) is 18.7 Å². The van der Waals surface area contributed by atoms with Gasteiger partial charge in [0.05, 0.1) is 24.1 Å². The Balaban J connectivity index is 2.26. The Labute approximate surface area is 81.9 Å². The first kappa shape index (κ1) is 9.02. The van der Waals surface area contributed by atoms with Crippen LogP contribution in [0.1, 0.15) is 18.9 Å². The smallest absolute Gasteiger partial charge is 0.211 e. The molecule has 0 aliphatic rings. The second-order valence-corrected chi connectivity index (χ2v) is 3.09. The average Bonchev–Trinajstić information content (AvgIpc) is 2.86. The minimum Gasteiger partial charge on any atom is -0.472 e. The zero-order valence-electron chi connectivity index (χ0n) is 8.15. The summed E-state index contributed by atoms with van der Waals surface area (Å²) in [4.78, 5) is 4.17. The predicted octanol–water partition coefficient (Wildman–Crippen LogP) is 2.21. The molecule has 0 aromatic carbocycles. The first-order valence-corrected chi connectivity index (χ1v) is 4.47. The fourth-order valence-electron chi connectivity index (χ4n) is 1.15. The van der Waals surface area contributed by atoms with E-state index >= 15 is 0 Å². The molecule has 14 heavy (non-hydrogen) atoms. The summed E-state index contributed by atoms with van der Waals surface area (Å²) in [7, 11) is 1.87. The Bertz CT molecular complexity index is 392. The van der Waals surface area contributed by atoms with Crippen LogP contribution >= 0.6 is 0 Å². The van der Waals surface area contributed by atoms with Gasteiger partial charge in [0.2, 0.25) is 5.89 Å². The largest absolute Gasteiger partial charge is 0.472 e. The molecule has 0 aliphatic carbocycles. The molecule has 0 bridgehead atoms. The maximum absolute atomic E-state index is 5.55. The second kappa shape index (κ2) is 3.67. The molecular formula is C10H12N2O2. The highest BCUT2D eigenvalue weighted by Gasteiger charge is 2.11. The van der Waals surface area contributed by atoms with Gasteiger partial charge in [-0.05, 0) is 20.0 Å². The standard InChI is InChI=1S/C10H12N2O2/c1-7(11-2)10-12-5-9(14-10)8-3-4-13-6-8/h3-7,11H,1-2H3. The normalized spacial score (nSPS) is 13.0. The fourth-order valence-corrected chi connectivity index (χ4v) is 1.15. The number of hydrogen-bond donors (Lipinski definition) is 1. The molecule has 2 rings (SSSR count). The lowest BCUT2D eigenvalue weighted by molar-refractivity contribution is 0.441. The van der Waals surface area contributed by atoms with E-state index in [4.69, 9.17) is 8.83 Å². The van der Waals surface area contributed by atoms with Crippen LogP contribution in [0.4, 0.5) is 0 Å². The van der Waals surface area contributed by atoms with E-state index in [1.807, 2.05) is 20.0 Å². The number of nitrogens with zero attached hydrogens (tertiary/aromatic N) is 1. The van der Waals surface area contributed by atoms with E-state index in [1.165, 1.54) is 0 Å². The van der Waals surface area contributed by atoms with Crippen LogP contribution in [-0.2, 0) is 0 Å². The summed E-state index contributed by atoms with van der Waals surface area (Å²) < 4.78 is 10.5. The summed E-state index contributed by atoms with van der Waals surface area (Å²) in [5, 5.41) is 3.06. The molecule has 2 aromatic heterocycles. The van der Waals surface area contributed by atoms with Crippen molar-refractivity contribution in [2.45, 2.75) is 13.0 Å². The summed E-state index contributed by atoms with van der Waals surface area (Å²) in [5.41, 5.74) is 0.909. The third-order valence-electron chi connectivity index (χ3n) is 2.13. The molecule has 0 saturated heterocycles. The highest BCUT2D eigenvalue weighted by molar-refractivity contribution is 5.53. The van der Waals surface area contributed by atoms with Crippen LogP contribution in [0.15, 0.2) is 33.6 Å². The van der Waals surface area contributed by atoms with E-state index in [0.29, 0.717) is 5.89 Å². The van der Waals surface area contributed by atoms with Crippen molar-refractivity contribution in [2.24, 2.45) is 0 Å². The van der Waals surface area contributed by atoms with E-state index in [0.717, 1.165) is 11.3 Å². The van der Waals surface area contributed by atoms with Crippen molar-refractivity contribution in [2.75, 3.05) is 7.05 Å². The van der Waals surface area contributed by atoms with Gasteiger partial charge in [0.25, 0.3) is 0 Å². The Morgan fingerprint density at radius 2 is 2.36 bits per heavy atom. The molecule has 2 aromatic rings. The van der Waals surface area contributed by atoms with E-state index in [9.17, 15) is 0 Å². The second-order valence-electron chi connectivity index (χ2n) is 3.09. The molecule has 4 nitrogen and oxygen atoms in total. The molecule has 0 radical (unpaired) electrons. The van der Waals surface area contributed by atoms with Gasteiger partial charge in [-0.1, -0.05) is 0 Å². The lowest BCUT2D eigenvalue weighted by Gasteiger charge is -2.03. The molecule has 74 valence electrons. The molecule has 1 unspecified atom stereocenters. The minimum atomic E-state index is 0.121. The highest BCUT2D eigenvalue weighted by atomic mass is 16.4. The number of furan rings is 1. The van der Waals surface area contributed by atoms with Gasteiger partial charge in [-0.15, -0.1) is 0 Å². The summed E-state index contributed by atoms with van der Waals surface area (Å²) in [6.07, 6.45) is 4.95. The number of oxazole rings is 1. The van der Waals surface area contributed by atoms with Crippen LogP contribution < -0.4 is 5.32 Å². The molecule has 1 atom stereocenters. The quantitative estimate of drug-likeness (QED) is 0.810. The first-order valence-electron chi connectivity index (χ1n) is 4.47. The lowest BCUT2D eigenvalue weighted by Crippen LogP contribution is -2.12. The van der Waals surface area contributed by atoms with Gasteiger partial charge in [0, 0.05) is 0 Å². The molecule has 1 N–H and O–H groups in total. The average molecular weight is 192 g/mol. The zero-order chi connectivity index (χ0) is 9.97. The third kappa shape index (κ3) is 1.56. The van der Waals surface area contributed by atoms with Crippen molar-refractivity contribution in [3.8, 4) is 11.3 Å². The van der Waals surface area contributed by atoms with Crippen molar-refractivity contribution in [1.29, 1.82) is 0 Å². The molecule has 0 saturated carbocycles.